The fourth-order valence-corrected chi connectivity index (χ4v) is 3.39. The van der Waals surface area contributed by atoms with Gasteiger partial charge in [-0.25, -0.2) is 4.98 Å². The van der Waals surface area contributed by atoms with Gasteiger partial charge >= 0.3 is 0 Å². The third-order valence-corrected chi connectivity index (χ3v) is 5.24. The number of hydrogen-bond donors (Lipinski definition) is 3. The lowest BCUT2D eigenvalue weighted by Crippen LogP contribution is -2.46. The van der Waals surface area contributed by atoms with E-state index in [0.717, 1.165) is 42.6 Å². The molecule has 3 rings (SSSR count). The molecule has 0 atom stereocenters. The molecular formula is C20H29N5O. The van der Waals surface area contributed by atoms with Gasteiger partial charge in [0.2, 0.25) is 0 Å². The number of hydrogen-bond acceptors (Lipinski definition) is 3. The van der Waals surface area contributed by atoms with Crippen molar-refractivity contribution in [2.45, 2.75) is 32.2 Å². The number of aromatic amines is 1. The molecule has 2 aromatic rings. The van der Waals surface area contributed by atoms with Crippen molar-refractivity contribution in [3.8, 4) is 11.3 Å². The second-order valence-corrected chi connectivity index (χ2v) is 6.99. The van der Waals surface area contributed by atoms with E-state index in [-0.39, 0.29) is 0 Å². The zero-order valence-electron chi connectivity index (χ0n) is 15.7. The van der Waals surface area contributed by atoms with Crippen LogP contribution in [0.1, 0.15) is 31.5 Å². The number of aromatic nitrogens is 2. The summed E-state index contributed by atoms with van der Waals surface area (Å²) >= 11 is 0. The maximum absolute atomic E-state index is 5.26. The summed E-state index contributed by atoms with van der Waals surface area (Å²) in [5.74, 6) is 1.70. The smallest absolute Gasteiger partial charge is 0.191 e. The second kappa shape index (κ2) is 8.85. The molecule has 26 heavy (non-hydrogen) atoms. The molecule has 1 aromatic carbocycles. The molecule has 1 fully saturated rings. The molecule has 6 nitrogen and oxygen atoms in total. The van der Waals surface area contributed by atoms with Crippen molar-refractivity contribution in [3.05, 3.63) is 42.4 Å². The zero-order valence-corrected chi connectivity index (χ0v) is 15.7. The van der Waals surface area contributed by atoms with Gasteiger partial charge in [-0.1, -0.05) is 36.8 Å². The molecule has 0 bridgehead atoms. The van der Waals surface area contributed by atoms with Crippen molar-refractivity contribution in [3.63, 3.8) is 0 Å². The van der Waals surface area contributed by atoms with Gasteiger partial charge in [0.25, 0.3) is 0 Å². The fourth-order valence-electron chi connectivity index (χ4n) is 3.39. The van der Waals surface area contributed by atoms with Gasteiger partial charge in [0.15, 0.2) is 5.96 Å². The molecule has 140 valence electrons. The number of imidazole rings is 1. The Kier molecular flexibility index (Phi) is 6.28. The molecule has 0 unspecified atom stereocenters. The third kappa shape index (κ3) is 4.64. The quantitative estimate of drug-likeness (QED) is 0.503. The molecule has 1 saturated carbocycles. The number of ether oxygens (including phenoxy) is 1. The standard InChI is InChI=1S/C20H29N5O/c1-21-19(24-15-20(9-6-10-20)11-12-26-2)23-14-18-22-13-17(25-18)16-7-4-3-5-8-16/h3-5,7-8,13H,6,9-12,14-15H2,1-2H3,(H,22,25)(H2,21,23,24). The first-order valence-electron chi connectivity index (χ1n) is 9.27. The minimum atomic E-state index is 0.360. The average molecular weight is 355 g/mol. The third-order valence-electron chi connectivity index (χ3n) is 5.24. The van der Waals surface area contributed by atoms with Gasteiger partial charge in [0, 0.05) is 27.3 Å². The maximum Gasteiger partial charge on any atom is 0.191 e. The largest absolute Gasteiger partial charge is 0.385 e. The Morgan fingerprint density at radius 3 is 2.73 bits per heavy atom. The summed E-state index contributed by atoms with van der Waals surface area (Å²) in [6, 6.07) is 10.2. The summed E-state index contributed by atoms with van der Waals surface area (Å²) in [7, 11) is 3.57. The van der Waals surface area contributed by atoms with Gasteiger partial charge in [-0.05, 0) is 30.2 Å². The highest BCUT2D eigenvalue weighted by molar-refractivity contribution is 5.79. The Hall–Kier alpha value is -2.34. The number of benzene rings is 1. The van der Waals surface area contributed by atoms with E-state index in [1.165, 1.54) is 19.3 Å². The number of nitrogens with one attached hydrogen (secondary N) is 3. The molecule has 1 aliphatic rings. The monoisotopic (exact) mass is 355 g/mol. The topological polar surface area (TPSA) is 74.3 Å². The first-order chi connectivity index (χ1) is 12.7. The Morgan fingerprint density at radius 2 is 2.08 bits per heavy atom. The minimum Gasteiger partial charge on any atom is -0.385 e. The van der Waals surface area contributed by atoms with Crippen molar-refractivity contribution < 1.29 is 4.74 Å². The van der Waals surface area contributed by atoms with E-state index in [0.29, 0.717) is 12.0 Å². The number of aliphatic imine (C=N–C) groups is 1. The van der Waals surface area contributed by atoms with Crippen LogP contribution in [-0.2, 0) is 11.3 Å². The van der Waals surface area contributed by atoms with E-state index in [2.05, 4.69) is 37.7 Å². The van der Waals surface area contributed by atoms with E-state index in [1.54, 1.807) is 14.2 Å². The Balaban J connectivity index is 1.49. The lowest BCUT2D eigenvalue weighted by molar-refractivity contribution is 0.0732. The van der Waals surface area contributed by atoms with Crippen LogP contribution in [0.15, 0.2) is 41.5 Å². The summed E-state index contributed by atoms with van der Waals surface area (Å²) < 4.78 is 5.26. The first kappa shape index (κ1) is 18.5. The van der Waals surface area contributed by atoms with Gasteiger partial charge in [0.05, 0.1) is 18.4 Å². The Labute approximate surface area is 155 Å². The van der Waals surface area contributed by atoms with Crippen LogP contribution >= 0.6 is 0 Å². The van der Waals surface area contributed by atoms with Crippen LogP contribution in [-0.4, -0.2) is 43.2 Å². The van der Waals surface area contributed by atoms with Gasteiger partial charge in [-0.3, -0.25) is 4.99 Å². The molecule has 3 N–H and O–H groups in total. The number of methoxy groups -OCH3 is 1. The van der Waals surface area contributed by atoms with Crippen LogP contribution in [0.25, 0.3) is 11.3 Å². The molecule has 6 heteroatoms. The summed E-state index contributed by atoms with van der Waals surface area (Å²) in [4.78, 5) is 12.1. The predicted molar refractivity (Wildman–Crippen MR) is 105 cm³/mol. The molecule has 0 saturated heterocycles. The van der Waals surface area contributed by atoms with Crippen molar-refractivity contribution in [2.24, 2.45) is 10.4 Å². The summed E-state index contributed by atoms with van der Waals surface area (Å²) in [5.41, 5.74) is 2.52. The normalized spacial score (nSPS) is 16.2. The molecule has 0 amide bonds. The molecule has 1 heterocycles. The van der Waals surface area contributed by atoms with Crippen LogP contribution in [0.4, 0.5) is 0 Å². The Morgan fingerprint density at radius 1 is 1.27 bits per heavy atom. The van der Waals surface area contributed by atoms with Gasteiger partial charge in [-0.2, -0.15) is 0 Å². The SMILES string of the molecule is CN=C(NCc1ncc(-c2ccccc2)[nH]1)NCC1(CCOC)CCC1. The molecule has 0 radical (unpaired) electrons. The number of H-pyrrole nitrogens is 1. The summed E-state index contributed by atoms with van der Waals surface area (Å²) in [6.45, 7) is 2.36. The lowest BCUT2D eigenvalue weighted by atomic mass is 9.67. The molecule has 1 aromatic heterocycles. The van der Waals surface area contributed by atoms with E-state index < -0.39 is 0 Å². The summed E-state index contributed by atoms with van der Waals surface area (Å²) in [6.07, 6.45) is 6.81. The minimum absolute atomic E-state index is 0.360. The van der Waals surface area contributed by atoms with E-state index in [9.17, 15) is 0 Å². The van der Waals surface area contributed by atoms with Crippen molar-refractivity contribution in [2.75, 3.05) is 27.3 Å². The average Bonchev–Trinajstić information content (AvgIpc) is 3.12. The lowest BCUT2D eigenvalue weighted by Gasteiger charge is -2.42. The maximum atomic E-state index is 5.26. The van der Waals surface area contributed by atoms with E-state index in [4.69, 9.17) is 4.74 Å². The molecule has 1 aliphatic carbocycles. The van der Waals surface area contributed by atoms with E-state index in [1.807, 2.05) is 24.4 Å². The number of nitrogens with zero attached hydrogens (tertiary/aromatic N) is 2. The van der Waals surface area contributed by atoms with E-state index >= 15 is 0 Å². The van der Waals surface area contributed by atoms with Crippen LogP contribution in [0.2, 0.25) is 0 Å². The van der Waals surface area contributed by atoms with Crippen molar-refractivity contribution in [1.29, 1.82) is 0 Å². The highest BCUT2D eigenvalue weighted by Gasteiger charge is 2.36. The van der Waals surface area contributed by atoms with Gasteiger partial charge in [0.1, 0.15) is 5.82 Å². The first-order valence-corrected chi connectivity index (χ1v) is 9.27. The van der Waals surface area contributed by atoms with Crippen molar-refractivity contribution in [1.82, 2.24) is 20.6 Å². The summed E-state index contributed by atoms with van der Waals surface area (Å²) in [5, 5.41) is 6.81. The molecular weight excluding hydrogens is 326 g/mol. The predicted octanol–water partition coefficient (Wildman–Crippen LogP) is 2.95. The molecule has 0 spiro atoms. The van der Waals surface area contributed by atoms with Crippen LogP contribution < -0.4 is 10.6 Å². The van der Waals surface area contributed by atoms with Crippen LogP contribution in [0, 0.1) is 5.41 Å². The number of guanidine groups is 1. The van der Waals surface area contributed by atoms with Crippen LogP contribution in [0.5, 0.6) is 0 Å². The number of rotatable bonds is 8. The van der Waals surface area contributed by atoms with Gasteiger partial charge in [-0.15, -0.1) is 0 Å². The van der Waals surface area contributed by atoms with Gasteiger partial charge < -0.3 is 20.4 Å². The van der Waals surface area contributed by atoms with Crippen LogP contribution in [0.3, 0.4) is 0 Å². The zero-order chi connectivity index (χ0) is 18.2. The Bertz CT molecular complexity index is 706. The second-order valence-electron chi connectivity index (χ2n) is 6.99. The molecule has 0 aliphatic heterocycles. The fraction of sp³-hybridized carbons (Fsp3) is 0.500. The highest BCUT2D eigenvalue weighted by atomic mass is 16.5. The highest BCUT2D eigenvalue weighted by Crippen LogP contribution is 2.43. The van der Waals surface area contributed by atoms with Crippen molar-refractivity contribution >= 4 is 5.96 Å².